The predicted molar refractivity (Wildman–Crippen MR) is 95.5 cm³/mol. The highest BCUT2D eigenvalue weighted by Crippen LogP contribution is 2.26. The molecule has 1 heterocycles. The molecule has 0 atom stereocenters. The van der Waals surface area contributed by atoms with Crippen molar-refractivity contribution in [3.05, 3.63) is 71.8 Å². The van der Waals surface area contributed by atoms with E-state index < -0.39 is 0 Å². The Morgan fingerprint density at radius 1 is 0.870 bits per heavy atom. The maximum absolute atomic E-state index is 6.29. The molecule has 0 aromatic heterocycles. The maximum atomic E-state index is 6.29. The van der Waals surface area contributed by atoms with Crippen LogP contribution in [0.15, 0.2) is 60.7 Å². The van der Waals surface area contributed by atoms with Crippen molar-refractivity contribution < 1.29 is 4.74 Å². The maximum Gasteiger partial charge on any atom is 0.108 e. The summed E-state index contributed by atoms with van der Waals surface area (Å²) in [5.74, 6) is 0.881. The highest BCUT2D eigenvalue weighted by molar-refractivity contribution is 5.29. The minimum absolute atomic E-state index is 0.0467. The van der Waals surface area contributed by atoms with Crippen molar-refractivity contribution in [1.29, 1.82) is 0 Å². The van der Waals surface area contributed by atoms with E-state index in [1.54, 1.807) is 0 Å². The first-order chi connectivity index (χ1) is 11.4. The molecular formula is C21H27NO. The molecular weight excluding hydrogens is 282 g/mol. The highest BCUT2D eigenvalue weighted by Gasteiger charge is 2.15. The number of hydrogen-bond acceptors (Lipinski definition) is 2. The van der Waals surface area contributed by atoms with Gasteiger partial charge in [0.1, 0.15) is 6.10 Å². The Morgan fingerprint density at radius 2 is 1.43 bits per heavy atom. The molecule has 0 spiro atoms. The zero-order chi connectivity index (χ0) is 15.7. The first kappa shape index (κ1) is 16.2. The molecule has 1 aliphatic heterocycles. The lowest BCUT2D eigenvalue weighted by Crippen LogP contribution is -2.27. The second kappa shape index (κ2) is 8.85. The molecule has 1 N–H and O–H groups in total. The van der Waals surface area contributed by atoms with Crippen LogP contribution in [0.4, 0.5) is 0 Å². The Kier molecular flexibility index (Phi) is 6.25. The standard InChI is InChI=1S/C21H27NO/c1-3-9-19(10-4-1)21(20-11-5-2-6-12-20)23-17-7-8-18-13-15-22-16-14-18/h1-6,9-12,18,21-22H,7-8,13-17H2. The second-order valence-electron chi connectivity index (χ2n) is 6.41. The molecule has 1 saturated heterocycles. The van der Waals surface area contributed by atoms with E-state index in [1.165, 1.54) is 43.5 Å². The van der Waals surface area contributed by atoms with Gasteiger partial charge in [-0.1, -0.05) is 60.7 Å². The van der Waals surface area contributed by atoms with Crippen LogP contribution in [-0.2, 0) is 4.74 Å². The van der Waals surface area contributed by atoms with Crippen molar-refractivity contribution in [2.24, 2.45) is 5.92 Å². The van der Waals surface area contributed by atoms with Gasteiger partial charge in [-0.05, 0) is 55.8 Å². The molecule has 1 fully saturated rings. The van der Waals surface area contributed by atoms with Crippen molar-refractivity contribution in [2.75, 3.05) is 19.7 Å². The fourth-order valence-electron chi connectivity index (χ4n) is 3.38. The van der Waals surface area contributed by atoms with Crippen LogP contribution >= 0.6 is 0 Å². The summed E-state index contributed by atoms with van der Waals surface area (Å²) in [5, 5.41) is 3.44. The quantitative estimate of drug-likeness (QED) is 0.756. The molecule has 23 heavy (non-hydrogen) atoms. The number of hydrogen-bond donors (Lipinski definition) is 1. The first-order valence-electron chi connectivity index (χ1n) is 8.85. The first-order valence-corrected chi connectivity index (χ1v) is 8.85. The van der Waals surface area contributed by atoms with Crippen LogP contribution in [0.25, 0.3) is 0 Å². The molecule has 2 heteroatoms. The number of piperidine rings is 1. The molecule has 0 saturated carbocycles. The molecule has 2 aromatic carbocycles. The molecule has 0 aliphatic carbocycles. The van der Waals surface area contributed by atoms with Gasteiger partial charge in [0.25, 0.3) is 0 Å². The topological polar surface area (TPSA) is 21.3 Å². The third-order valence-corrected chi connectivity index (χ3v) is 4.70. The number of nitrogens with one attached hydrogen (secondary N) is 1. The second-order valence-corrected chi connectivity index (χ2v) is 6.41. The fourth-order valence-corrected chi connectivity index (χ4v) is 3.38. The summed E-state index contributed by atoms with van der Waals surface area (Å²) in [7, 11) is 0. The van der Waals surface area contributed by atoms with E-state index in [4.69, 9.17) is 4.74 Å². The summed E-state index contributed by atoms with van der Waals surface area (Å²) in [4.78, 5) is 0. The smallest absolute Gasteiger partial charge is 0.108 e. The summed E-state index contributed by atoms with van der Waals surface area (Å²) < 4.78 is 6.29. The number of ether oxygens (including phenoxy) is 1. The van der Waals surface area contributed by atoms with Gasteiger partial charge in [-0.2, -0.15) is 0 Å². The lowest BCUT2D eigenvalue weighted by molar-refractivity contribution is 0.0737. The van der Waals surface area contributed by atoms with Gasteiger partial charge in [0.05, 0.1) is 0 Å². The highest BCUT2D eigenvalue weighted by atomic mass is 16.5. The van der Waals surface area contributed by atoms with E-state index in [9.17, 15) is 0 Å². The Morgan fingerprint density at radius 3 is 2.00 bits per heavy atom. The van der Waals surface area contributed by atoms with Crippen LogP contribution in [0, 0.1) is 5.92 Å². The van der Waals surface area contributed by atoms with Crippen molar-refractivity contribution in [3.8, 4) is 0 Å². The molecule has 0 radical (unpaired) electrons. The van der Waals surface area contributed by atoms with Gasteiger partial charge in [0, 0.05) is 6.61 Å². The van der Waals surface area contributed by atoms with Crippen molar-refractivity contribution >= 4 is 0 Å². The zero-order valence-electron chi connectivity index (χ0n) is 13.8. The van der Waals surface area contributed by atoms with Crippen LogP contribution in [0.1, 0.15) is 42.9 Å². The van der Waals surface area contributed by atoms with Crippen LogP contribution in [0.5, 0.6) is 0 Å². The Bertz CT molecular complexity index is 509. The van der Waals surface area contributed by atoms with Gasteiger partial charge in [-0.3, -0.25) is 0 Å². The number of benzene rings is 2. The molecule has 0 unspecified atom stereocenters. The van der Waals surface area contributed by atoms with E-state index in [1.807, 2.05) is 0 Å². The molecule has 2 aromatic rings. The third-order valence-electron chi connectivity index (χ3n) is 4.70. The van der Waals surface area contributed by atoms with E-state index in [0.717, 1.165) is 18.9 Å². The van der Waals surface area contributed by atoms with Crippen molar-refractivity contribution in [1.82, 2.24) is 5.32 Å². The number of rotatable bonds is 7. The van der Waals surface area contributed by atoms with E-state index in [0.29, 0.717) is 0 Å². The average Bonchev–Trinajstić information content (AvgIpc) is 2.64. The van der Waals surface area contributed by atoms with Gasteiger partial charge in [0.15, 0.2) is 0 Å². The van der Waals surface area contributed by atoms with Crippen LogP contribution in [0.3, 0.4) is 0 Å². The summed E-state index contributed by atoms with van der Waals surface area (Å²) in [5.41, 5.74) is 2.47. The van der Waals surface area contributed by atoms with Gasteiger partial charge < -0.3 is 10.1 Å². The van der Waals surface area contributed by atoms with Crippen molar-refractivity contribution in [3.63, 3.8) is 0 Å². The summed E-state index contributed by atoms with van der Waals surface area (Å²) >= 11 is 0. The van der Waals surface area contributed by atoms with Gasteiger partial charge in [-0.15, -0.1) is 0 Å². The fraction of sp³-hybridized carbons (Fsp3) is 0.429. The lowest BCUT2D eigenvalue weighted by Gasteiger charge is -2.23. The van der Waals surface area contributed by atoms with E-state index in [2.05, 4.69) is 66.0 Å². The Balaban J connectivity index is 1.56. The van der Waals surface area contributed by atoms with Crippen LogP contribution in [0.2, 0.25) is 0 Å². The molecule has 122 valence electrons. The molecule has 2 nitrogen and oxygen atoms in total. The van der Waals surface area contributed by atoms with Crippen LogP contribution in [-0.4, -0.2) is 19.7 Å². The van der Waals surface area contributed by atoms with Crippen molar-refractivity contribution in [2.45, 2.75) is 31.8 Å². The Hall–Kier alpha value is -1.64. The molecule has 3 rings (SSSR count). The van der Waals surface area contributed by atoms with Gasteiger partial charge >= 0.3 is 0 Å². The predicted octanol–water partition coefficient (Wildman–Crippen LogP) is 4.57. The minimum Gasteiger partial charge on any atom is -0.369 e. The average molecular weight is 309 g/mol. The molecule has 0 bridgehead atoms. The lowest BCUT2D eigenvalue weighted by atomic mass is 9.93. The van der Waals surface area contributed by atoms with E-state index >= 15 is 0 Å². The summed E-state index contributed by atoms with van der Waals surface area (Å²) in [6.45, 7) is 3.20. The normalized spacial score (nSPS) is 15.9. The van der Waals surface area contributed by atoms with Crippen LogP contribution < -0.4 is 5.32 Å². The zero-order valence-corrected chi connectivity index (χ0v) is 13.8. The Labute approximate surface area is 139 Å². The molecule has 1 aliphatic rings. The van der Waals surface area contributed by atoms with E-state index in [-0.39, 0.29) is 6.10 Å². The summed E-state index contributed by atoms with van der Waals surface area (Å²) in [6, 6.07) is 21.1. The van der Waals surface area contributed by atoms with Gasteiger partial charge in [0.2, 0.25) is 0 Å². The SMILES string of the molecule is c1ccc(C(OCCCC2CCNCC2)c2ccccc2)cc1. The third kappa shape index (κ3) is 4.92. The minimum atomic E-state index is 0.0467. The monoisotopic (exact) mass is 309 g/mol. The largest absolute Gasteiger partial charge is 0.369 e. The molecule has 0 amide bonds. The van der Waals surface area contributed by atoms with Gasteiger partial charge in [-0.25, -0.2) is 0 Å². The summed E-state index contributed by atoms with van der Waals surface area (Å²) in [6.07, 6.45) is 5.13.